The summed E-state index contributed by atoms with van der Waals surface area (Å²) in [6.07, 6.45) is 1.55. The number of carbonyl (C=O) groups is 1. The molecule has 0 atom stereocenters. The van der Waals surface area contributed by atoms with Gasteiger partial charge in [0.15, 0.2) is 0 Å². The van der Waals surface area contributed by atoms with Crippen LogP contribution in [0.1, 0.15) is 19.4 Å². The molecule has 0 unspecified atom stereocenters. The van der Waals surface area contributed by atoms with Crippen LogP contribution in [0, 0.1) is 11.3 Å². The summed E-state index contributed by atoms with van der Waals surface area (Å²) < 4.78 is 16.7. The van der Waals surface area contributed by atoms with E-state index in [1.165, 1.54) is 7.11 Å². The van der Waals surface area contributed by atoms with Crippen molar-refractivity contribution in [1.29, 1.82) is 5.26 Å². The standard InChI is InChI=1S/C25H24N2O4/c1-4-30-19-12-10-17-11-13-23(31-5-2)21(20(17)15-19)14-18(16-26)25(28)27-22-8-6-7-9-24(22)29-3/h6-15H,4-5H2,1-3H3,(H,27,28)/b18-14+. The summed E-state index contributed by atoms with van der Waals surface area (Å²) in [6.45, 7) is 4.78. The Morgan fingerprint density at radius 2 is 1.77 bits per heavy atom. The highest BCUT2D eigenvalue weighted by Crippen LogP contribution is 2.33. The van der Waals surface area contributed by atoms with Crippen LogP contribution in [0.4, 0.5) is 5.69 Å². The molecular formula is C25H24N2O4. The van der Waals surface area contributed by atoms with Gasteiger partial charge in [-0.1, -0.05) is 24.3 Å². The average molecular weight is 416 g/mol. The Kier molecular flexibility index (Phi) is 7.13. The number of anilines is 1. The number of hydrogen-bond acceptors (Lipinski definition) is 5. The molecule has 0 spiro atoms. The number of nitriles is 1. The second-order valence-corrected chi connectivity index (χ2v) is 6.55. The second-order valence-electron chi connectivity index (χ2n) is 6.55. The van der Waals surface area contributed by atoms with Crippen molar-refractivity contribution in [2.75, 3.05) is 25.6 Å². The Labute approximate surface area is 181 Å². The molecule has 6 heteroatoms. The van der Waals surface area contributed by atoms with Crippen LogP contribution in [0.25, 0.3) is 16.8 Å². The summed E-state index contributed by atoms with van der Waals surface area (Å²) in [7, 11) is 1.52. The lowest BCUT2D eigenvalue weighted by Gasteiger charge is -2.13. The number of carbonyl (C=O) groups excluding carboxylic acids is 1. The van der Waals surface area contributed by atoms with Gasteiger partial charge in [0, 0.05) is 5.56 Å². The largest absolute Gasteiger partial charge is 0.495 e. The number of amides is 1. The molecular weight excluding hydrogens is 392 g/mol. The van der Waals surface area contributed by atoms with Crippen LogP contribution in [0.3, 0.4) is 0 Å². The average Bonchev–Trinajstić information content (AvgIpc) is 2.79. The highest BCUT2D eigenvalue weighted by Gasteiger charge is 2.15. The third kappa shape index (κ3) is 4.96. The van der Waals surface area contributed by atoms with E-state index in [1.807, 2.05) is 50.2 Å². The van der Waals surface area contributed by atoms with Crippen LogP contribution in [0.2, 0.25) is 0 Å². The van der Waals surface area contributed by atoms with Crippen LogP contribution in [0.5, 0.6) is 17.2 Å². The van der Waals surface area contributed by atoms with E-state index in [4.69, 9.17) is 14.2 Å². The molecule has 1 amide bonds. The molecule has 0 aliphatic heterocycles. The summed E-state index contributed by atoms with van der Waals surface area (Å²) in [5.41, 5.74) is 1.08. The zero-order chi connectivity index (χ0) is 22.2. The fourth-order valence-corrected chi connectivity index (χ4v) is 3.22. The molecule has 1 N–H and O–H groups in total. The first-order chi connectivity index (χ1) is 15.1. The van der Waals surface area contributed by atoms with Crippen LogP contribution >= 0.6 is 0 Å². The second kappa shape index (κ2) is 10.2. The van der Waals surface area contributed by atoms with Crippen LogP contribution in [-0.2, 0) is 4.79 Å². The number of ether oxygens (including phenoxy) is 3. The van der Waals surface area contributed by atoms with Crippen molar-refractivity contribution in [1.82, 2.24) is 0 Å². The summed E-state index contributed by atoms with van der Waals surface area (Å²) >= 11 is 0. The van der Waals surface area contributed by atoms with Gasteiger partial charge in [0.1, 0.15) is 28.9 Å². The van der Waals surface area contributed by atoms with Crippen molar-refractivity contribution in [2.45, 2.75) is 13.8 Å². The van der Waals surface area contributed by atoms with Gasteiger partial charge in [0.25, 0.3) is 5.91 Å². The minimum absolute atomic E-state index is 0.0545. The monoisotopic (exact) mass is 416 g/mol. The van der Waals surface area contributed by atoms with Crippen LogP contribution in [-0.4, -0.2) is 26.2 Å². The fourth-order valence-electron chi connectivity index (χ4n) is 3.22. The molecule has 0 aromatic heterocycles. The number of hydrogen-bond donors (Lipinski definition) is 1. The topological polar surface area (TPSA) is 80.6 Å². The van der Waals surface area contributed by atoms with Gasteiger partial charge in [-0.3, -0.25) is 4.79 Å². The first-order valence-electron chi connectivity index (χ1n) is 9.99. The van der Waals surface area contributed by atoms with E-state index in [0.29, 0.717) is 41.7 Å². The lowest BCUT2D eigenvalue weighted by Crippen LogP contribution is -2.14. The van der Waals surface area contributed by atoms with Gasteiger partial charge in [-0.25, -0.2) is 0 Å². The Hall–Kier alpha value is -3.98. The van der Waals surface area contributed by atoms with E-state index in [9.17, 15) is 10.1 Å². The van der Waals surface area contributed by atoms with Crippen molar-refractivity contribution in [3.8, 4) is 23.3 Å². The van der Waals surface area contributed by atoms with E-state index in [-0.39, 0.29) is 5.57 Å². The first kappa shape index (κ1) is 21.7. The predicted octanol–water partition coefficient (Wildman–Crippen LogP) is 5.19. The Balaban J connectivity index is 2.08. The number of nitrogens with one attached hydrogen (secondary N) is 1. The maximum absolute atomic E-state index is 12.9. The van der Waals surface area contributed by atoms with Gasteiger partial charge in [0.05, 0.1) is 26.0 Å². The molecule has 3 aromatic rings. The molecule has 0 saturated carbocycles. The lowest BCUT2D eigenvalue weighted by atomic mass is 10.0. The van der Waals surface area contributed by atoms with Crippen molar-refractivity contribution in [3.05, 3.63) is 65.7 Å². The van der Waals surface area contributed by atoms with Crippen molar-refractivity contribution in [2.24, 2.45) is 0 Å². The SMILES string of the molecule is CCOc1ccc2ccc(OCC)c(/C=C(\C#N)C(=O)Nc3ccccc3OC)c2c1. The molecule has 0 radical (unpaired) electrons. The summed E-state index contributed by atoms with van der Waals surface area (Å²) in [6, 6.07) is 18.5. The molecule has 6 nitrogen and oxygen atoms in total. The fraction of sp³-hybridized carbons (Fsp3) is 0.200. The summed E-state index contributed by atoms with van der Waals surface area (Å²) in [5, 5.41) is 14.2. The Morgan fingerprint density at radius 3 is 2.48 bits per heavy atom. The molecule has 0 heterocycles. The van der Waals surface area contributed by atoms with Gasteiger partial charge in [-0.2, -0.15) is 5.26 Å². The number of fused-ring (bicyclic) bond motifs is 1. The minimum Gasteiger partial charge on any atom is -0.495 e. The lowest BCUT2D eigenvalue weighted by molar-refractivity contribution is -0.112. The number of nitrogens with zero attached hydrogens (tertiary/aromatic N) is 1. The van der Waals surface area contributed by atoms with E-state index >= 15 is 0 Å². The third-order valence-electron chi connectivity index (χ3n) is 4.61. The number of benzene rings is 3. The number of para-hydroxylation sites is 2. The predicted molar refractivity (Wildman–Crippen MR) is 121 cm³/mol. The zero-order valence-corrected chi connectivity index (χ0v) is 17.8. The van der Waals surface area contributed by atoms with E-state index in [2.05, 4.69) is 5.32 Å². The Morgan fingerprint density at radius 1 is 1.03 bits per heavy atom. The molecule has 3 aromatic carbocycles. The zero-order valence-electron chi connectivity index (χ0n) is 17.8. The van der Waals surface area contributed by atoms with Crippen molar-refractivity contribution >= 4 is 28.4 Å². The van der Waals surface area contributed by atoms with E-state index < -0.39 is 5.91 Å². The van der Waals surface area contributed by atoms with Gasteiger partial charge >= 0.3 is 0 Å². The van der Waals surface area contributed by atoms with Crippen LogP contribution in [0.15, 0.2) is 60.2 Å². The molecule has 0 bridgehead atoms. The van der Waals surface area contributed by atoms with Gasteiger partial charge in [-0.15, -0.1) is 0 Å². The third-order valence-corrected chi connectivity index (χ3v) is 4.61. The molecule has 0 aliphatic carbocycles. The van der Waals surface area contributed by atoms with E-state index in [0.717, 1.165) is 10.8 Å². The molecule has 3 rings (SSSR count). The minimum atomic E-state index is -0.535. The first-order valence-corrected chi connectivity index (χ1v) is 9.99. The van der Waals surface area contributed by atoms with E-state index in [1.54, 1.807) is 30.3 Å². The molecule has 0 saturated heterocycles. The maximum Gasteiger partial charge on any atom is 0.266 e. The number of rotatable bonds is 8. The van der Waals surface area contributed by atoms with Crippen molar-refractivity contribution < 1.29 is 19.0 Å². The van der Waals surface area contributed by atoms with Crippen LogP contribution < -0.4 is 19.5 Å². The normalized spacial score (nSPS) is 11.0. The summed E-state index contributed by atoms with van der Waals surface area (Å²) in [4.78, 5) is 12.9. The molecule has 0 fully saturated rings. The highest BCUT2D eigenvalue weighted by molar-refractivity contribution is 6.11. The Bertz CT molecular complexity index is 1160. The van der Waals surface area contributed by atoms with Gasteiger partial charge in [-0.05, 0) is 61.0 Å². The smallest absolute Gasteiger partial charge is 0.266 e. The highest BCUT2D eigenvalue weighted by atomic mass is 16.5. The van der Waals surface area contributed by atoms with Gasteiger partial charge in [0.2, 0.25) is 0 Å². The molecule has 0 aliphatic rings. The summed E-state index contributed by atoms with van der Waals surface area (Å²) in [5.74, 6) is 1.26. The number of methoxy groups -OCH3 is 1. The quantitative estimate of drug-likeness (QED) is 0.404. The molecule has 31 heavy (non-hydrogen) atoms. The molecule has 158 valence electrons. The maximum atomic E-state index is 12.9. The van der Waals surface area contributed by atoms with Crippen molar-refractivity contribution in [3.63, 3.8) is 0 Å². The van der Waals surface area contributed by atoms with Gasteiger partial charge < -0.3 is 19.5 Å².